The average Bonchev–Trinajstić information content (AvgIpc) is 2.36. The summed E-state index contributed by atoms with van der Waals surface area (Å²) in [6.45, 7) is 3.69. The summed E-state index contributed by atoms with van der Waals surface area (Å²) in [6.07, 6.45) is 3.28. The lowest BCUT2D eigenvalue weighted by Gasteiger charge is -2.26. The maximum Gasteiger partial charge on any atom is 0.227 e. The summed E-state index contributed by atoms with van der Waals surface area (Å²) in [5.74, 6) is 0.0710. The topological polar surface area (TPSA) is 49.3 Å². The Bertz CT molecular complexity index is 442. The Hall–Kier alpha value is -1.35. The van der Waals surface area contributed by atoms with Crippen LogP contribution in [0.2, 0.25) is 0 Å². The normalized spacial score (nSPS) is 21.3. The molecule has 1 aliphatic carbocycles. The Balaban J connectivity index is 2.04. The van der Waals surface area contributed by atoms with Crippen molar-refractivity contribution in [3.05, 3.63) is 35.4 Å². The molecule has 3 heteroatoms. The van der Waals surface area contributed by atoms with Crippen LogP contribution < -0.4 is 5.32 Å². The molecule has 1 aliphatic rings. The molecule has 0 aromatic heterocycles. The van der Waals surface area contributed by atoms with Crippen LogP contribution in [0.5, 0.6) is 0 Å². The van der Waals surface area contributed by atoms with Crippen LogP contribution in [0.15, 0.2) is 24.3 Å². The molecule has 3 unspecified atom stereocenters. The first-order chi connectivity index (χ1) is 9.08. The van der Waals surface area contributed by atoms with E-state index in [0.717, 1.165) is 19.3 Å². The molecule has 0 heterocycles. The predicted molar refractivity (Wildman–Crippen MR) is 76.0 cm³/mol. The fraction of sp³-hybridized carbons (Fsp3) is 0.562. The maximum atomic E-state index is 12.4. The van der Waals surface area contributed by atoms with E-state index in [1.807, 2.05) is 19.1 Å². The molecular weight excluding hydrogens is 238 g/mol. The molecule has 0 radical (unpaired) electrons. The second kappa shape index (κ2) is 6.20. The van der Waals surface area contributed by atoms with Crippen LogP contribution in [0.4, 0.5) is 0 Å². The third-order valence-electron chi connectivity index (χ3n) is 3.77. The number of aliphatic hydroxyl groups excluding tert-OH is 1. The number of aliphatic hydroxyl groups is 1. The lowest BCUT2D eigenvalue weighted by molar-refractivity contribution is -0.123. The zero-order valence-electron chi connectivity index (χ0n) is 11.7. The molecule has 0 bridgehead atoms. The average molecular weight is 261 g/mol. The third kappa shape index (κ3) is 3.57. The van der Waals surface area contributed by atoms with Gasteiger partial charge in [-0.15, -0.1) is 0 Å². The molecule has 3 atom stereocenters. The fourth-order valence-electron chi connectivity index (χ4n) is 2.94. The van der Waals surface area contributed by atoms with Crippen LogP contribution in [-0.4, -0.2) is 23.2 Å². The zero-order valence-corrected chi connectivity index (χ0v) is 11.7. The number of amides is 1. The van der Waals surface area contributed by atoms with Crippen molar-refractivity contribution >= 4 is 5.91 Å². The Morgan fingerprint density at radius 3 is 2.89 bits per heavy atom. The molecule has 104 valence electrons. The first-order valence-corrected chi connectivity index (χ1v) is 7.14. The molecular formula is C16H23NO2. The van der Waals surface area contributed by atoms with Crippen molar-refractivity contribution in [2.75, 3.05) is 0 Å². The molecule has 1 aromatic carbocycles. The number of carbonyl (C=O) groups is 1. The minimum Gasteiger partial charge on any atom is -0.393 e. The van der Waals surface area contributed by atoms with Gasteiger partial charge in [0.15, 0.2) is 0 Å². The van der Waals surface area contributed by atoms with Gasteiger partial charge in [0.1, 0.15) is 0 Å². The molecule has 0 saturated heterocycles. The number of fused-ring (bicyclic) bond motifs is 1. The van der Waals surface area contributed by atoms with Gasteiger partial charge in [0.25, 0.3) is 0 Å². The predicted octanol–water partition coefficient (Wildman–Crippen LogP) is 2.38. The highest BCUT2D eigenvalue weighted by atomic mass is 16.3. The smallest absolute Gasteiger partial charge is 0.227 e. The van der Waals surface area contributed by atoms with E-state index < -0.39 is 0 Å². The quantitative estimate of drug-likeness (QED) is 0.874. The van der Waals surface area contributed by atoms with Crippen molar-refractivity contribution in [1.82, 2.24) is 5.32 Å². The standard InChI is InChI=1S/C16H23NO2/c1-11(10-12(2)18)17-16(19)15-9-5-7-13-6-3-4-8-14(13)15/h3-4,6,8,11-12,15,18H,5,7,9-10H2,1-2H3,(H,17,19). The Morgan fingerprint density at radius 2 is 2.16 bits per heavy atom. The van der Waals surface area contributed by atoms with E-state index in [2.05, 4.69) is 17.4 Å². The van der Waals surface area contributed by atoms with Gasteiger partial charge >= 0.3 is 0 Å². The van der Waals surface area contributed by atoms with Crippen molar-refractivity contribution in [3.63, 3.8) is 0 Å². The highest BCUT2D eigenvalue weighted by molar-refractivity contribution is 5.84. The highest BCUT2D eigenvalue weighted by Crippen LogP contribution is 2.31. The van der Waals surface area contributed by atoms with E-state index in [4.69, 9.17) is 0 Å². The summed E-state index contributed by atoms with van der Waals surface area (Å²) in [5.41, 5.74) is 2.48. The van der Waals surface area contributed by atoms with Gasteiger partial charge in [-0.25, -0.2) is 0 Å². The minimum absolute atomic E-state index is 0.0154. The molecule has 2 N–H and O–H groups in total. The van der Waals surface area contributed by atoms with Gasteiger partial charge in [-0.3, -0.25) is 4.79 Å². The zero-order chi connectivity index (χ0) is 13.8. The molecule has 0 saturated carbocycles. The summed E-state index contributed by atoms with van der Waals surface area (Å²) in [6, 6.07) is 8.24. The molecule has 3 nitrogen and oxygen atoms in total. The first kappa shape index (κ1) is 14.1. The lowest BCUT2D eigenvalue weighted by atomic mass is 9.82. The van der Waals surface area contributed by atoms with Crippen LogP contribution in [0.1, 0.15) is 50.2 Å². The molecule has 19 heavy (non-hydrogen) atoms. The summed E-state index contributed by atoms with van der Waals surface area (Å²) in [4.78, 5) is 12.4. The lowest BCUT2D eigenvalue weighted by Crippen LogP contribution is -2.38. The van der Waals surface area contributed by atoms with Gasteiger partial charge in [0, 0.05) is 6.04 Å². The molecule has 0 spiro atoms. The van der Waals surface area contributed by atoms with Crippen LogP contribution in [0.25, 0.3) is 0 Å². The van der Waals surface area contributed by atoms with E-state index in [9.17, 15) is 9.90 Å². The molecule has 0 fully saturated rings. The summed E-state index contributed by atoms with van der Waals surface area (Å²) < 4.78 is 0. The maximum absolute atomic E-state index is 12.4. The highest BCUT2D eigenvalue weighted by Gasteiger charge is 2.26. The van der Waals surface area contributed by atoms with Gasteiger partial charge < -0.3 is 10.4 Å². The molecule has 2 rings (SSSR count). The monoisotopic (exact) mass is 261 g/mol. The van der Waals surface area contributed by atoms with E-state index in [-0.39, 0.29) is 24.0 Å². The Kier molecular flexibility index (Phi) is 4.59. The van der Waals surface area contributed by atoms with E-state index in [1.165, 1.54) is 11.1 Å². The first-order valence-electron chi connectivity index (χ1n) is 7.14. The second-order valence-corrected chi connectivity index (χ2v) is 5.64. The van der Waals surface area contributed by atoms with Crippen molar-refractivity contribution < 1.29 is 9.90 Å². The molecule has 0 aliphatic heterocycles. The second-order valence-electron chi connectivity index (χ2n) is 5.64. The van der Waals surface area contributed by atoms with Crippen LogP contribution in [0.3, 0.4) is 0 Å². The van der Waals surface area contributed by atoms with Crippen molar-refractivity contribution in [2.45, 2.75) is 57.6 Å². The summed E-state index contributed by atoms with van der Waals surface area (Å²) in [7, 11) is 0. The van der Waals surface area contributed by atoms with Crippen molar-refractivity contribution in [3.8, 4) is 0 Å². The van der Waals surface area contributed by atoms with E-state index >= 15 is 0 Å². The number of rotatable bonds is 4. The summed E-state index contributed by atoms with van der Waals surface area (Å²) >= 11 is 0. The van der Waals surface area contributed by atoms with Gasteiger partial charge in [-0.05, 0) is 50.7 Å². The van der Waals surface area contributed by atoms with Crippen LogP contribution in [0, 0.1) is 0 Å². The summed E-state index contributed by atoms with van der Waals surface area (Å²) in [5, 5.41) is 12.4. The Labute approximate surface area is 115 Å². The van der Waals surface area contributed by atoms with Crippen molar-refractivity contribution in [2.24, 2.45) is 0 Å². The minimum atomic E-state index is -0.381. The van der Waals surface area contributed by atoms with Gasteiger partial charge in [0.2, 0.25) is 5.91 Å². The number of aryl methyl sites for hydroxylation is 1. The SMILES string of the molecule is CC(O)CC(C)NC(=O)C1CCCc2ccccc21. The molecule has 1 aromatic rings. The Morgan fingerprint density at radius 1 is 1.42 bits per heavy atom. The van der Waals surface area contributed by atoms with Crippen LogP contribution in [-0.2, 0) is 11.2 Å². The third-order valence-corrected chi connectivity index (χ3v) is 3.77. The van der Waals surface area contributed by atoms with Gasteiger partial charge in [-0.1, -0.05) is 24.3 Å². The molecule has 1 amide bonds. The van der Waals surface area contributed by atoms with Crippen LogP contribution >= 0.6 is 0 Å². The number of benzene rings is 1. The van der Waals surface area contributed by atoms with Crippen molar-refractivity contribution in [1.29, 1.82) is 0 Å². The van der Waals surface area contributed by atoms with E-state index in [0.29, 0.717) is 6.42 Å². The van der Waals surface area contributed by atoms with Gasteiger partial charge in [-0.2, -0.15) is 0 Å². The number of carbonyl (C=O) groups excluding carboxylic acids is 1. The number of hydrogen-bond acceptors (Lipinski definition) is 2. The largest absolute Gasteiger partial charge is 0.393 e. The number of hydrogen-bond donors (Lipinski definition) is 2. The number of nitrogens with one attached hydrogen (secondary N) is 1. The van der Waals surface area contributed by atoms with E-state index in [1.54, 1.807) is 6.92 Å². The van der Waals surface area contributed by atoms with Gasteiger partial charge in [0.05, 0.1) is 12.0 Å². The fourth-order valence-corrected chi connectivity index (χ4v) is 2.94.